The number of hydrogen-bond acceptors (Lipinski definition) is 4. The van der Waals surface area contributed by atoms with Crippen molar-refractivity contribution in [1.29, 1.82) is 0 Å². The normalized spacial score (nSPS) is 24.0. The Labute approximate surface area is 107 Å². The van der Waals surface area contributed by atoms with E-state index >= 15 is 0 Å². The van der Waals surface area contributed by atoms with Gasteiger partial charge in [0.15, 0.2) is 5.82 Å². The van der Waals surface area contributed by atoms with Crippen LogP contribution in [0.1, 0.15) is 25.5 Å². The largest absolute Gasteiger partial charge is 0.396 e. The van der Waals surface area contributed by atoms with E-state index in [0.717, 1.165) is 24.4 Å². The van der Waals surface area contributed by atoms with Crippen LogP contribution in [0.5, 0.6) is 0 Å². The fourth-order valence-corrected chi connectivity index (χ4v) is 2.42. The average Bonchev–Trinajstić information content (AvgIpc) is 2.33. The number of hydrogen-bond donors (Lipinski definition) is 2. The summed E-state index contributed by atoms with van der Waals surface area (Å²) < 4.78 is 0. The third kappa shape index (κ3) is 2.39. The number of carbonyl (C=O) groups is 1. The number of nitrogen functional groups attached to an aromatic ring is 1. The van der Waals surface area contributed by atoms with Gasteiger partial charge in [0, 0.05) is 18.3 Å². The Bertz CT molecular complexity index is 460. The number of pyridine rings is 1. The second-order valence-corrected chi connectivity index (χ2v) is 5.04. The molecule has 2 unspecified atom stereocenters. The fraction of sp³-hybridized carbons (Fsp3) is 0.538. The number of aryl methyl sites for hydroxylation is 1. The highest BCUT2D eigenvalue weighted by molar-refractivity contribution is 5.78. The number of nitrogens with zero attached hydrogens (tertiary/aromatic N) is 2. The van der Waals surface area contributed by atoms with Gasteiger partial charge in [-0.2, -0.15) is 0 Å². The topological polar surface area (TPSA) is 85.2 Å². The van der Waals surface area contributed by atoms with Crippen molar-refractivity contribution in [3.05, 3.63) is 17.8 Å². The smallest absolute Gasteiger partial charge is 0.222 e. The number of carbonyl (C=O) groups excluding carboxylic acids is 1. The van der Waals surface area contributed by atoms with Gasteiger partial charge in [-0.15, -0.1) is 0 Å². The van der Waals surface area contributed by atoms with Gasteiger partial charge in [0.2, 0.25) is 5.91 Å². The van der Waals surface area contributed by atoms with Crippen LogP contribution in [0.25, 0.3) is 0 Å². The van der Waals surface area contributed by atoms with Crippen LogP contribution in [0.2, 0.25) is 0 Å². The van der Waals surface area contributed by atoms with Gasteiger partial charge in [-0.05, 0) is 38.8 Å². The first kappa shape index (κ1) is 12.7. The van der Waals surface area contributed by atoms with Gasteiger partial charge in [-0.3, -0.25) is 4.79 Å². The first-order valence-corrected chi connectivity index (χ1v) is 6.28. The van der Waals surface area contributed by atoms with Crippen LogP contribution in [0.4, 0.5) is 11.5 Å². The Balaban J connectivity index is 2.29. The minimum atomic E-state index is -0.238. The maximum absolute atomic E-state index is 11.3. The van der Waals surface area contributed by atoms with E-state index in [9.17, 15) is 4.79 Å². The van der Waals surface area contributed by atoms with E-state index in [1.54, 1.807) is 0 Å². The number of anilines is 2. The molecule has 1 saturated heterocycles. The Kier molecular flexibility index (Phi) is 3.41. The molecule has 1 fully saturated rings. The summed E-state index contributed by atoms with van der Waals surface area (Å²) in [6.45, 7) is 4.67. The fourth-order valence-electron chi connectivity index (χ4n) is 2.42. The molecule has 0 bridgehead atoms. The third-order valence-corrected chi connectivity index (χ3v) is 3.60. The summed E-state index contributed by atoms with van der Waals surface area (Å²) in [5, 5.41) is 0. The van der Waals surface area contributed by atoms with E-state index in [4.69, 9.17) is 11.5 Å². The first-order valence-electron chi connectivity index (χ1n) is 6.28. The molecule has 4 N–H and O–H groups in total. The lowest BCUT2D eigenvalue weighted by Gasteiger charge is -2.38. The maximum Gasteiger partial charge on any atom is 0.222 e. The van der Waals surface area contributed by atoms with Crippen molar-refractivity contribution < 1.29 is 4.79 Å². The van der Waals surface area contributed by atoms with Crippen molar-refractivity contribution in [2.24, 2.45) is 11.7 Å². The quantitative estimate of drug-likeness (QED) is 0.819. The van der Waals surface area contributed by atoms with Gasteiger partial charge in [0.25, 0.3) is 0 Å². The van der Waals surface area contributed by atoms with Crippen LogP contribution in [0, 0.1) is 12.8 Å². The van der Waals surface area contributed by atoms with Crippen LogP contribution in [0.3, 0.4) is 0 Å². The third-order valence-electron chi connectivity index (χ3n) is 3.60. The molecule has 2 heterocycles. The van der Waals surface area contributed by atoms with Gasteiger partial charge in [0.05, 0.1) is 11.6 Å². The molecule has 18 heavy (non-hydrogen) atoms. The molecule has 1 aromatic heterocycles. The number of primary amides is 1. The van der Waals surface area contributed by atoms with E-state index in [2.05, 4.69) is 16.8 Å². The highest BCUT2D eigenvalue weighted by atomic mass is 16.1. The molecule has 2 atom stereocenters. The van der Waals surface area contributed by atoms with Crippen molar-refractivity contribution in [1.82, 2.24) is 4.98 Å². The van der Waals surface area contributed by atoms with Crippen LogP contribution >= 0.6 is 0 Å². The highest BCUT2D eigenvalue weighted by Gasteiger charge is 2.30. The monoisotopic (exact) mass is 248 g/mol. The molecule has 98 valence electrons. The lowest BCUT2D eigenvalue weighted by Crippen LogP contribution is -2.46. The predicted molar refractivity (Wildman–Crippen MR) is 72.1 cm³/mol. The highest BCUT2D eigenvalue weighted by Crippen LogP contribution is 2.30. The van der Waals surface area contributed by atoms with Gasteiger partial charge in [-0.1, -0.05) is 0 Å². The van der Waals surface area contributed by atoms with E-state index in [0.29, 0.717) is 18.3 Å². The summed E-state index contributed by atoms with van der Waals surface area (Å²) in [6, 6.07) is 4.08. The molecule has 0 radical (unpaired) electrons. The van der Waals surface area contributed by atoms with Gasteiger partial charge in [-0.25, -0.2) is 4.98 Å². The molecule has 1 aliphatic heterocycles. The standard InChI is InChI=1S/C13H20N4O/c1-8-3-6-11(14)13(16-8)17-7-10(12(15)18)5-4-9(17)2/h3,6,9-10H,4-5,7,14H2,1-2H3,(H2,15,18). The molecule has 1 amide bonds. The number of amides is 1. The van der Waals surface area contributed by atoms with Gasteiger partial charge >= 0.3 is 0 Å². The molecule has 5 heteroatoms. The summed E-state index contributed by atoms with van der Waals surface area (Å²) in [4.78, 5) is 17.9. The minimum absolute atomic E-state index is 0.108. The lowest BCUT2D eigenvalue weighted by atomic mass is 9.93. The first-order chi connectivity index (χ1) is 8.49. The molecule has 1 aliphatic rings. The molecular weight excluding hydrogens is 228 g/mol. The summed E-state index contributed by atoms with van der Waals surface area (Å²) >= 11 is 0. The number of nitrogens with two attached hydrogens (primary N) is 2. The Morgan fingerprint density at radius 2 is 2.17 bits per heavy atom. The summed E-state index contributed by atoms with van der Waals surface area (Å²) in [5.74, 6) is 0.425. The van der Waals surface area contributed by atoms with Gasteiger partial charge < -0.3 is 16.4 Å². The Hall–Kier alpha value is -1.78. The Morgan fingerprint density at radius 1 is 1.44 bits per heavy atom. The summed E-state index contributed by atoms with van der Waals surface area (Å²) in [5.41, 5.74) is 13.0. The number of piperidine rings is 1. The summed E-state index contributed by atoms with van der Waals surface area (Å²) in [7, 11) is 0. The van der Waals surface area contributed by atoms with E-state index < -0.39 is 0 Å². The number of rotatable bonds is 2. The molecule has 0 aliphatic carbocycles. The van der Waals surface area contributed by atoms with Crippen molar-refractivity contribution in [2.75, 3.05) is 17.2 Å². The molecule has 0 spiro atoms. The molecule has 1 aromatic rings. The second kappa shape index (κ2) is 4.84. The van der Waals surface area contributed by atoms with Crippen molar-refractivity contribution in [2.45, 2.75) is 32.7 Å². The maximum atomic E-state index is 11.3. The SMILES string of the molecule is Cc1ccc(N)c(N2CC(C(N)=O)CCC2C)n1. The zero-order valence-electron chi connectivity index (χ0n) is 10.9. The summed E-state index contributed by atoms with van der Waals surface area (Å²) in [6.07, 6.45) is 1.78. The zero-order chi connectivity index (χ0) is 13.3. The average molecular weight is 248 g/mol. The predicted octanol–water partition coefficient (Wildman–Crippen LogP) is 1.06. The van der Waals surface area contributed by atoms with Crippen molar-refractivity contribution in [3.8, 4) is 0 Å². The number of aromatic nitrogens is 1. The minimum Gasteiger partial charge on any atom is -0.396 e. The van der Waals surface area contributed by atoms with Gasteiger partial charge in [0.1, 0.15) is 0 Å². The molecular formula is C13H20N4O. The molecule has 2 rings (SSSR count). The van der Waals surface area contributed by atoms with Crippen LogP contribution < -0.4 is 16.4 Å². The van der Waals surface area contributed by atoms with E-state index in [-0.39, 0.29) is 11.8 Å². The Morgan fingerprint density at radius 3 is 2.83 bits per heavy atom. The van der Waals surface area contributed by atoms with Crippen molar-refractivity contribution >= 4 is 17.4 Å². The van der Waals surface area contributed by atoms with Crippen LogP contribution in [-0.4, -0.2) is 23.5 Å². The van der Waals surface area contributed by atoms with E-state index in [1.807, 2.05) is 19.1 Å². The van der Waals surface area contributed by atoms with Crippen LogP contribution in [0.15, 0.2) is 12.1 Å². The molecule has 0 saturated carbocycles. The zero-order valence-corrected chi connectivity index (χ0v) is 10.9. The molecule has 0 aromatic carbocycles. The lowest BCUT2D eigenvalue weighted by molar-refractivity contribution is -0.122. The second-order valence-electron chi connectivity index (χ2n) is 5.04. The van der Waals surface area contributed by atoms with Crippen LogP contribution in [-0.2, 0) is 4.79 Å². The molecule has 5 nitrogen and oxygen atoms in total. The van der Waals surface area contributed by atoms with E-state index in [1.165, 1.54) is 0 Å². The van der Waals surface area contributed by atoms with Crippen molar-refractivity contribution in [3.63, 3.8) is 0 Å².